The van der Waals surface area contributed by atoms with Crippen LogP contribution < -0.4 is 0 Å². The Morgan fingerprint density at radius 3 is 2.28 bits per heavy atom. The molecule has 0 saturated carbocycles. The molecule has 0 saturated heterocycles. The largest absolute Gasteiger partial charge is 0.506 e. The molecule has 124 valence electrons. The molecule has 0 heterocycles. The van der Waals surface area contributed by atoms with Gasteiger partial charge in [0.25, 0.3) is 5.69 Å². The van der Waals surface area contributed by atoms with Gasteiger partial charge in [-0.25, -0.2) is 0 Å². The molecule has 0 aliphatic heterocycles. The molecular weight excluding hydrogens is 384 g/mol. The number of hydrogen-bond donors (Lipinski definition) is 1. The number of nitrogens with zero attached hydrogens (tertiary/aromatic N) is 2. The van der Waals surface area contributed by atoms with Gasteiger partial charge in [-0.3, -0.25) is 15.1 Å². The van der Waals surface area contributed by atoms with Gasteiger partial charge in [0.1, 0.15) is 5.75 Å². The number of benzene rings is 3. The quantitative estimate of drug-likeness (QED) is 0.360. The number of hydrogen-bond acceptors (Lipinski definition) is 4. The SMILES string of the molecule is O=[N+]([O-])c1cc(Br)c(O)c(C=Nc2ccc(-c3ccccc3)cc2)c1. The van der Waals surface area contributed by atoms with Crippen molar-refractivity contribution in [2.24, 2.45) is 4.99 Å². The number of non-ortho nitro benzene ring substituents is 1. The highest BCUT2D eigenvalue weighted by Gasteiger charge is 2.13. The average Bonchev–Trinajstić information content (AvgIpc) is 2.64. The van der Waals surface area contributed by atoms with Crippen LogP contribution >= 0.6 is 15.9 Å². The van der Waals surface area contributed by atoms with Gasteiger partial charge in [0.05, 0.1) is 15.1 Å². The monoisotopic (exact) mass is 396 g/mol. The fourth-order valence-electron chi connectivity index (χ4n) is 2.32. The molecule has 0 spiro atoms. The molecule has 0 aliphatic rings. The van der Waals surface area contributed by atoms with E-state index in [4.69, 9.17) is 0 Å². The minimum absolute atomic E-state index is 0.0877. The van der Waals surface area contributed by atoms with Crippen LogP contribution in [0.15, 0.2) is 76.2 Å². The number of halogens is 1. The highest BCUT2D eigenvalue weighted by atomic mass is 79.9. The molecule has 3 aromatic rings. The summed E-state index contributed by atoms with van der Waals surface area (Å²) in [4.78, 5) is 14.7. The second-order valence-electron chi connectivity index (χ2n) is 5.29. The normalized spacial score (nSPS) is 10.9. The summed E-state index contributed by atoms with van der Waals surface area (Å²) in [7, 11) is 0. The molecule has 0 bridgehead atoms. The molecule has 6 heteroatoms. The number of phenols is 1. The summed E-state index contributed by atoms with van der Waals surface area (Å²) in [5.74, 6) is -0.0877. The maximum absolute atomic E-state index is 10.9. The van der Waals surface area contributed by atoms with Crippen molar-refractivity contribution in [3.05, 3.63) is 86.9 Å². The van der Waals surface area contributed by atoms with Crippen molar-refractivity contribution in [1.29, 1.82) is 0 Å². The molecule has 0 unspecified atom stereocenters. The van der Waals surface area contributed by atoms with Crippen LogP contribution in [0.5, 0.6) is 5.75 Å². The summed E-state index contributed by atoms with van der Waals surface area (Å²) >= 11 is 3.11. The Morgan fingerprint density at radius 2 is 1.64 bits per heavy atom. The molecular formula is C19H13BrN2O3. The van der Waals surface area contributed by atoms with E-state index in [0.717, 1.165) is 11.1 Å². The van der Waals surface area contributed by atoms with Crippen LogP contribution in [0.4, 0.5) is 11.4 Å². The van der Waals surface area contributed by atoms with E-state index in [-0.39, 0.29) is 21.5 Å². The van der Waals surface area contributed by atoms with Crippen molar-refractivity contribution in [3.63, 3.8) is 0 Å². The average molecular weight is 397 g/mol. The van der Waals surface area contributed by atoms with Crippen molar-refractivity contribution >= 4 is 33.5 Å². The summed E-state index contributed by atoms with van der Waals surface area (Å²) in [6.45, 7) is 0. The second-order valence-corrected chi connectivity index (χ2v) is 6.15. The Hall–Kier alpha value is -2.99. The predicted octanol–water partition coefficient (Wildman–Crippen LogP) is 5.48. The van der Waals surface area contributed by atoms with E-state index in [9.17, 15) is 15.2 Å². The van der Waals surface area contributed by atoms with Crippen molar-refractivity contribution < 1.29 is 10.0 Å². The topological polar surface area (TPSA) is 75.7 Å². The summed E-state index contributed by atoms with van der Waals surface area (Å²) in [6.07, 6.45) is 1.41. The van der Waals surface area contributed by atoms with Crippen LogP contribution in [0.2, 0.25) is 0 Å². The van der Waals surface area contributed by atoms with Crippen LogP contribution in [0.25, 0.3) is 11.1 Å². The maximum Gasteiger partial charge on any atom is 0.271 e. The fourth-order valence-corrected chi connectivity index (χ4v) is 2.79. The summed E-state index contributed by atoms with van der Waals surface area (Å²) < 4.78 is 0.252. The predicted molar refractivity (Wildman–Crippen MR) is 102 cm³/mol. The number of phenolic OH excluding ortho intramolecular Hbond substituents is 1. The highest BCUT2D eigenvalue weighted by molar-refractivity contribution is 9.10. The summed E-state index contributed by atoms with van der Waals surface area (Å²) in [6, 6.07) is 20.1. The number of nitro benzene ring substituents is 1. The van der Waals surface area contributed by atoms with Gasteiger partial charge in [0, 0.05) is 23.9 Å². The molecule has 0 radical (unpaired) electrons. The lowest BCUT2D eigenvalue weighted by Crippen LogP contribution is -1.91. The first-order chi connectivity index (χ1) is 12.0. The molecule has 1 N–H and O–H groups in total. The standard InChI is InChI=1S/C19H13BrN2O3/c20-18-11-17(22(24)25)10-15(19(18)23)12-21-16-8-6-14(7-9-16)13-4-2-1-3-5-13/h1-12,23H. The third-order valence-electron chi connectivity index (χ3n) is 3.62. The highest BCUT2D eigenvalue weighted by Crippen LogP contribution is 2.32. The van der Waals surface area contributed by atoms with Crippen LogP contribution in [-0.4, -0.2) is 16.2 Å². The van der Waals surface area contributed by atoms with Crippen molar-refractivity contribution in [3.8, 4) is 16.9 Å². The van der Waals surface area contributed by atoms with Gasteiger partial charge in [0.2, 0.25) is 0 Å². The minimum Gasteiger partial charge on any atom is -0.506 e. The maximum atomic E-state index is 10.9. The van der Waals surface area contributed by atoms with Gasteiger partial charge in [-0.1, -0.05) is 42.5 Å². The summed E-state index contributed by atoms with van der Waals surface area (Å²) in [5.41, 5.74) is 3.01. The molecule has 3 rings (SSSR count). The molecule has 5 nitrogen and oxygen atoms in total. The first-order valence-corrected chi connectivity index (χ1v) is 8.20. The molecule has 0 aliphatic carbocycles. The Balaban J connectivity index is 1.86. The zero-order chi connectivity index (χ0) is 17.8. The Morgan fingerprint density at radius 1 is 1.00 bits per heavy atom. The fraction of sp³-hybridized carbons (Fsp3) is 0. The minimum atomic E-state index is -0.518. The van der Waals surface area contributed by atoms with E-state index < -0.39 is 4.92 Å². The van der Waals surface area contributed by atoms with Gasteiger partial charge < -0.3 is 5.11 Å². The Bertz CT molecular complexity index is 939. The van der Waals surface area contributed by atoms with Crippen molar-refractivity contribution in [2.45, 2.75) is 0 Å². The van der Waals surface area contributed by atoms with E-state index in [0.29, 0.717) is 5.69 Å². The van der Waals surface area contributed by atoms with E-state index in [2.05, 4.69) is 20.9 Å². The number of rotatable bonds is 4. The number of nitro groups is 1. The molecule has 0 amide bonds. The van der Waals surface area contributed by atoms with Gasteiger partial charge in [0.15, 0.2) is 0 Å². The second kappa shape index (κ2) is 7.27. The third kappa shape index (κ3) is 3.92. The summed E-state index contributed by atoms with van der Waals surface area (Å²) in [5, 5.41) is 20.9. The molecule has 3 aromatic carbocycles. The van der Waals surface area contributed by atoms with Crippen LogP contribution in [0.3, 0.4) is 0 Å². The lowest BCUT2D eigenvalue weighted by molar-refractivity contribution is -0.385. The smallest absolute Gasteiger partial charge is 0.271 e. The lowest BCUT2D eigenvalue weighted by Gasteiger charge is -2.03. The van der Waals surface area contributed by atoms with Gasteiger partial charge in [-0.15, -0.1) is 0 Å². The first-order valence-electron chi connectivity index (χ1n) is 7.41. The van der Waals surface area contributed by atoms with Crippen LogP contribution in [-0.2, 0) is 0 Å². The molecule has 0 fully saturated rings. The molecule has 0 atom stereocenters. The van der Waals surface area contributed by atoms with Gasteiger partial charge >= 0.3 is 0 Å². The van der Waals surface area contributed by atoms with Gasteiger partial charge in [-0.2, -0.15) is 0 Å². The first kappa shape index (κ1) is 16.9. The lowest BCUT2D eigenvalue weighted by atomic mass is 10.1. The van der Waals surface area contributed by atoms with E-state index >= 15 is 0 Å². The van der Waals surface area contributed by atoms with Gasteiger partial charge in [-0.05, 0) is 39.2 Å². The third-order valence-corrected chi connectivity index (χ3v) is 4.22. The van der Waals surface area contributed by atoms with Crippen LogP contribution in [0.1, 0.15) is 5.56 Å². The zero-order valence-corrected chi connectivity index (χ0v) is 14.6. The number of aliphatic imine (C=N–C) groups is 1. The zero-order valence-electron chi connectivity index (χ0n) is 13.0. The van der Waals surface area contributed by atoms with E-state index in [1.165, 1.54) is 18.3 Å². The Labute approximate surface area is 152 Å². The molecule has 0 aromatic heterocycles. The van der Waals surface area contributed by atoms with E-state index in [1.54, 1.807) is 0 Å². The van der Waals surface area contributed by atoms with Crippen molar-refractivity contribution in [1.82, 2.24) is 0 Å². The van der Waals surface area contributed by atoms with Crippen molar-refractivity contribution in [2.75, 3.05) is 0 Å². The van der Waals surface area contributed by atoms with Crippen LogP contribution in [0, 0.1) is 10.1 Å². The van der Waals surface area contributed by atoms with E-state index in [1.807, 2.05) is 54.6 Å². The number of aromatic hydroxyl groups is 1. The molecule has 25 heavy (non-hydrogen) atoms. The Kier molecular flexibility index (Phi) is 4.90.